The molecule has 134 valence electrons. The second-order valence-electron chi connectivity index (χ2n) is 6.47. The molecule has 3 N–H and O–H groups in total. The van der Waals surface area contributed by atoms with Gasteiger partial charge in [-0.25, -0.2) is 0 Å². The molecule has 0 spiro atoms. The molecule has 0 radical (unpaired) electrons. The largest absolute Gasteiger partial charge is 0.379 e. The lowest BCUT2D eigenvalue weighted by Crippen LogP contribution is -2.46. The first-order valence-corrected chi connectivity index (χ1v) is 8.04. The van der Waals surface area contributed by atoms with Crippen LogP contribution in [-0.4, -0.2) is 56.7 Å². The average molecular weight is 335 g/mol. The van der Waals surface area contributed by atoms with E-state index in [1.54, 1.807) is 38.7 Å². The van der Waals surface area contributed by atoms with Crippen molar-refractivity contribution in [2.75, 3.05) is 33.8 Å². The first kappa shape index (κ1) is 19.9. The van der Waals surface area contributed by atoms with Gasteiger partial charge in [0.05, 0.1) is 11.7 Å². The SMILES string of the molecule is CN=C(NCCNC(=O)c1cccnc1)NCC(OC)C(C)(C)C. The molecule has 1 atom stereocenters. The Morgan fingerprint density at radius 1 is 1.29 bits per heavy atom. The zero-order valence-corrected chi connectivity index (χ0v) is 15.2. The minimum absolute atomic E-state index is 0.0400. The van der Waals surface area contributed by atoms with Crippen LogP contribution in [0.25, 0.3) is 0 Å². The Morgan fingerprint density at radius 2 is 2.00 bits per heavy atom. The number of pyridine rings is 1. The Balaban J connectivity index is 2.31. The second kappa shape index (κ2) is 9.87. The first-order valence-electron chi connectivity index (χ1n) is 8.04. The molecule has 0 aliphatic rings. The van der Waals surface area contributed by atoms with Crippen molar-refractivity contribution in [2.24, 2.45) is 10.4 Å². The van der Waals surface area contributed by atoms with Gasteiger partial charge in [-0.2, -0.15) is 0 Å². The lowest BCUT2D eigenvalue weighted by Gasteiger charge is -2.30. The number of rotatable bonds is 7. The summed E-state index contributed by atoms with van der Waals surface area (Å²) >= 11 is 0. The van der Waals surface area contributed by atoms with E-state index in [1.807, 2.05) is 0 Å². The van der Waals surface area contributed by atoms with Crippen LogP contribution in [0.15, 0.2) is 29.5 Å². The molecule has 0 saturated heterocycles. The van der Waals surface area contributed by atoms with Crippen LogP contribution >= 0.6 is 0 Å². The van der Waals surface area contributed by atoms with Gasteiger partial charge in [0.25, 0.3) is 5.91 Å². The fraction of sp³-hybridized carbons (Fsp3) is 0.588. The smallest absolute Gasteiger partial charge is 0.252 e. The highest BCUT2D eigenvalue weighted by Crippen LogP contribution is 2.20. The lowest BCUT2D eigenvalue weighted by molar-refractivity contribution is 0.0205. The maximum atomic E-state index is 11.9. The summed E-state index contributed by atoms with van der Waals surface area (Å²) < 4.78 is 5.51. The normalized spacial score (nSPS) is 13.3. The molecular formula is C17H29N5O2. The monoisotopic (exact) mass is 335 g/mol. The molecular weight excluding hydrogens is 306 g/mol. The van der Waals surface area contributed by atoms with Crippen LogP contribution in [0.4, 0.5) is 0 Å². The second-order valence-corrected chi connectivity index (χ2v) is 6.47. The predicted molar refractivity (Wildman–Crippen MR) is 96.2 cm³/mol. The molecule has 0 saturated carbocycles. The summed E-state index contributed by atoms with van der Waals surface area (Å²) in [5.41, 5.74) is 0.589. The Labute approximate surface area is 144 Å². The summed E-state index contributed by atoms with van der Waals surface area (Å²) in [6.07, 6.45) is 3.25. The van der Waals surface area contributed by atoms with Crippen molar-refractivity contribution < 1.29 is 9.53 Å². The van der Waals surface area contributed by atoms with Crippen LogP contribution in [0.3, 0.4) is 0 Å². The van der Waals surface area contributed by atoms with Crippen molar-refractivity contribution in [1.82, 2.24) is 20.9 Å². The maximum Gasteiger partial charge on any atom is 0.252 e. The lowest BCUT2D eigenvalue weighted by atomic mass is 9.89. The van der Waals surface area contributed by atoms with Crippen molar-refractivity contribution in [2.45, 2.75) is 26.9 Å². The van der Waals surface area contributed by atoms with Crippen LogP contribution in [0.2, 0.25) is 0 Å². The topological polar surface area (TPSA) is 87.6 Å². The summed E-state index contributed by atoms with van der Waals surface area (Å²) in [4.78, 5) is 20.0. The number of aliphatic imine (C=N–C) groups is 1. The van der Waals surface area contributed by atoms with E-state index < -0.39 is 0 Å². The van der Waals surface area contributed by atoms with E-state index in [2.05, 4.69) is 46.7 Å². The van der Waals surface area contributed by atoms with Gasteiger partial charge in [0.1, 0.15) is 0 Å². The molecule has 0 aliphatic heterocycles. The molecule has 0 aliphatic carbocycles. The van der Waals surface area contributed by atoms with Crippen molar-refractivity contribution in [3.05, 3.63) is 30.1 Å². The molecule has 1 amide bonds. The third kappa shape index (κ3) is 6.95. The standard InChI is InChI=1S/C17H29N5O2/c1-17(2,3)14(24-5)12-22-16(18-4)21-10-9-20-15(23)13-7-6-8-19-11-13/h6-8,11,14H,9-10,12H2,1-5H3,(H,20,23)(H2,18,21,22). The number of hydrogen-bond donors (Lipinski definition) is 3. The number of carbonyl (C=O) groups excluding carboxylic acids is 1. The molecule has 0 fully saturated rings. The van der Waals surface area contributed by atoms with Crippen molar-refractivity contribution in [3.63, 3.8) is 0 Å². The number of aromatic nitrogens is 1. The highest BCUT2D eigenvalue weighted by molar-refractivity contribution is 5.93. The van der Waals surface area contributed by atoms with Crippen molar-refractivity contribution >= 4 is 11.9 Å². The molecule has 24 heavy (non-hydrogen) atoms. The zero-order chi connectivity index (χ0) is 18.0. The molecule has 1 rings (SSSR count). The van der Waals surface area contributed by atoms with Crippen LogP contribution in [0.5, 0.6) is 0 Å². The number of ether oxygens (including phenoxy) is 1. The number of carbonyl (C=O) groups is 1. The molecule has 7 heteroatoms. The van der Waals surface area contributed by atoms with E-state index >= 15 is 0 Å². The summed E-state index contributed by atoms with van der Waals surface area (Å²) in [5, 5.41) is 9.23. The van der Waals surface area contributed by atoms with Gasteiger partial charge in [0.15, 0.2) is 5.96 Å². The average Bonchev–Trinajstić information content (AvgIpc) is 2.56. The molecule has 1 aromatic heterocycles. The van der Waals surface area contributed by atoms with Gasteiger partial charge < -0.3 is 20.7 Å². The number of nitrogens with zero attached hydrogens (tertiary/aromatic N) is 2. The van der Waals surface area contributed by atoms with Gasteiger partial charge in [0, 0.05) is 46.2 Å². The molecule has 7 nitrogen and oxygen atoms in total. The molecule has 0 aromatic carbocycles. The van der Waals surface area contributed by atoms with E-state index in [1.165, 1.54) is 0 Å². The van der Waals surface area contributed by atoms with Gasteiger partial charge in [-0.3, -0.25) is 14.8 Å². The van der Waals surface area contributed by atoms with Crippen LogP contribution in [0, 0.1) is 5.41 Å². The Hall–Kier alpha value is -2.15. The van der Waals surface area contributed by atoms with Crippen LogP contribution in [-0.2, 0) is 4.74 Å². The van der Waals surface area contributed by atoms with Gasteiger partial charge in [0.2, 0.25) is 0 Å². The summed E-state index contributed by atoms with van der Waals surface area (Å²) in [6.45, 7) is 8.11. The molecule has 1 unspecified atom stereocenters. The molecule has 0 bridgehead atoms. The third-order valence-corrected chi connectivity index (χ3v) is 3.56. The van der Waals surface area contributed by atoms with E-state index in [0.29, 0.717) is 31.2 Å². The number of methoxy groups -OCH3 is 1. The Kier molecular flexibility index (Phi) is 8.18. The number of guanidine groups is 1. The van der Waals surface area contributed by atoms with E-state index in [9.17, 15) is 4.79 Å². The first-order chi connectivity index (χ1) is 11.4. The fourth-order valence-electron chi connectivity index (χ4n) is 2.11. The predicted octanol–water partition coefficient (Wildman–Crippen LogP) is 1.04. The third-order valence-electron chi connectivity index (χ3n) is 3.56. The summed E-state index contributed by atoms with van der Waals surface area (Å²) in [6, 6.07) is 3.47. The minimum atomic E-state index is -0.139. The maximum absolute atomic E-state index is 11.9. The Bertz CT molecular complexity index is 526. The zero-order valence-electron chi connectivity index (χ0n) is 15.2. The fourth-order valence-corrected chi connectivity index (χ4v) is 2.11. The van der Waals surface area contributed by atoms with Crippen LogP contribution in [0.1, 0.15) is 31.1 Å². The highest BCUT2D eigenvalue weighted by Gasteiger charge is 2.24. The summed E-state index contributed by atoms with van der Waals surface area (Å²) in [7, 11) is 3.42. The number of nitrogens with one attached hydrogen (secondary N) is 3. The van der Waals surface area contributed by atoms with Crippen LogP contribution < -0.4 is 16.0 Å². The summed E-state index contributed by atoms with van der Waals surface area (Å²) in [5.74, 6) is 0.539. The highest BCUT2D eigenvalue weighted by atomic mass is 16.5. The van der Waals surface area contributed by atoms with E-state index in [0.717, 1.165) is 0 Å². The van der Waals surface area contributed by atoms with Gasteiger partial charge in [-0.15, -0.1) is 0 Å². The van der Waals surface area contributed by atoms with Crippen molar-refractivity contribution in [1.29, 1.82) is 0 Å². The van der Waals surface area contributed by atoms with Gasteiger partial charge >= 0.3 is 0 Å². The van der Waals surface area contributed by atoms with Gasteiger partial charge in [-0.05, 0) is 17.5 Å². The number of amides is 1. The number of hydrogen-bond acceptors (Lipinski definition) is 4. The quantitative estimate of drug-likeness (QED) is 0.394. The molecule has 1 aromatic rings. The van der Waals surface area contributed by atoms with E-state index in [-0.39, 0.29) is 17.4 Å². The minimum Gasteiger partial charge on any atom is -0.379 e. The van der Waals surface area contributed by atoms with Crippen molar-refractivity contribution in [3.8, 4) is 0 Å². The molecule has 1 heterocycles. The van der Waals surface area contributed by atoms with E-state index in [4.69, 9.17) is 4.74 Å². The van der Waals surface area contributed by atoms with Gasteiger partial charge in [-0.1, -0.05) is 20.8 Å². The Morgan fingerprint density at radius 3 is 2.54 bits per heavy atom.